The molecule has 0 N–H and O–H groups in total. The van der Waals surface area contributed by atoms with Gasteiger partial charge in [-0.15, -0.1) is 0 Å². The zero-order chi connectivity index (χ0) is 9.10. The molecule has 0 aliphatic carbocycles. The first-order chi connectivity index (χ1) is 6.40. The molecule has 1 aliphatic heterocycles. The van der Waals surface area contributed by atoms with E-state index in [1.54, 1.807) is 12.1 Å². The lowest BCUT2D eigenvalue weighted by atomic mass is 10.2. The van der Waals surface area contributed by atoms with E-state index in [2.05, 4.69) is 0 Å². The van der Waals surface area contributed by atoms with Gasteiger partial charge in [0.05, 0.1) is 12.3 Å². The Kier molecular flexibility index (Phi) is 2.27. The minimum absolute atomic E-state index is 0.697. The van der Waals surface area contributed by atoms with E-state index in [4.69, 9.17) is 4.84 Å². The molecule has 3 nitrogen and oxygen atoms in total. The van der Waals surface area contributed by atoms with E-state index >= 15 is 0 Å². The molecule has 0 atom stereocenters. The average Bonchev–Trinajstić information content (AvgIpc) is 2.71. The summed E-state index contributed by atoms with van der Waals surface area (Å²) in [6.45, 7) is 1.72. The van der Waals surface area contributed by atoms with Crippen LogP contribution in [0.2, 0.25) is 0 Å². The number of rotatable bonds is 2. The van der Waals surface area contributed by atoms with Crippen molar-refractivity contribution in [2.24, 2.45) is 0 Å². The molecule has 1 aromatic carbocycles. The van der Waals surface area contributed by atoms with Gasteiger partial charge in [-0.3, -0.25) is 14.7 Å². The van der Waals surface area contributed by atoms with Crippen molar-refractivity contribution in [3.8, 4) is 0 Å². The lowest BCUT2D eigenvalue weighted by Gasteiger charge is -2.15. The van der Waals surface area contributed by atoms with Crippen molar-refractivity contribution in [2.75, 3.05) is 18.2 Å². The standard InChI is InChI=1S/C10H11NO2/c12-8-9-2-4-10(5-3-9)11-6-1-7-13-11/h2-5,8H,1,6-7H2. The molecule has 0 aromatic heterocycles. The highest BCUT2D eigenvalue weighted by atomic mass is 16.7. The van der Waals surface area contributed by atoms with Crippen molar-refractivity contribution in [1.82, 2.24) is 0 Å². The predicted octanol–water partition coefficient (Wildman–Crippen LogP) is 1.64. The number of carbonyl (C=O) groups is 1. The molecule has 0 bridgehead atoms. The Balaban J connectivity index is 2.16. The highest BCUT2D eigenvalue weighted by molar-refractivity contribution is 5.75. The second-order valence-electron chi connectivity index (χ2n) is 3.00. The van der Waals surface area contributed by atoms with Crippen LogP contribution in [-0.2, 0) is 4.84 Å². The van der Waals surface area contributed by atoms with Crippen LogP contribution in [0, 0.1) is 0 Å². The maximum absolute atomic E-state index is 10.4. The molecule has 1 aliphatic rings. The summed E-state index contributed by atoms with van der Waals surface area (Å²) in [6, 6.07) is 7.39. The van der Waals surface area contributed by atoms with Crippen molar-refractivity contribution < 1.29 is 9.63 Å². The summed E-state index contributed by atoms with van der Waals surface area (Å²) >= 11 is 0. The lowest BCUT2D eigenvalue weighted by Crippen LogP contribution is -2.15. The summed E-state index contributed by atoms with van der Waals surface area (Å²) in [7, 11) is 0. The average molecular weight is 177 g/mol. The summed E-state index contributed by atoms with van der Waals surface area (Å²) in [4.78, 5) is 15.8. The van der Waals surface area contributed by atoms with Crippen molar-refractivity contribution in [3.63, 3.8) is 0 Å². The maximum Gasteiger partial charge on any atom is 0.150 e. The fraction of sp³-hybridized carbons (Fsp3) is 0.300. The van der Waals surface area contributed by atoms with Gasteiger partial charge in [0.15, 0.2) is 0 Å². The van der Waals surface area contributed by atoms with Gasteiger partial charge in [-0.25, -0.2) is 0 Å². The molecule has 2 rings (SSSR count). The Morgan fingerprint density at radius 2 is 2.08 bits per heavy atom. The zero-order valence-electron chi connectivity index (χ0n) is 7.27. The summed E-state index contributed by atoms with van der Waals surface area (Å²) < 4.78 is 0. The number of anilines is 1. The topological polar surface area (TPSA) is 29.5 Å². The monoisotopic (exact) mass is 177 g/mol. The molecule has 0 spiro atoms. The maximum atomic E-state index is 10.4. The van der Waals surface area contributed by atoms with Crippen LogP contribution in [0.25, 0.3) is 0 Å². The van der Waals surface area contributed by atoms with Gasteiger partial charge in [-0.1, -0.05) is 0 Å². The minimum Gasteiger partial charge on any atom is -0.298 e. The third kappa shape index (κ3) is 1.70. The molecule has 0 amide bonds. The van der Waals surface area contributed by atoms with E-state index < -0.39 is 0 Å². The second-order valence-corrected chi connectivity index (χ2v) is 3.00. The summed E-state index contributed by atoms with van der Waals surface area (Å²) in [5, 5.41) is 1.86. The van der Waals surface area contributed by atoms with E-state index in [-0.39, 0.29) is 0 Å². The van der Waals surface area contributed by atoms with Gasteiger partial charge in [0, 0.05) is 12.1 Å². The van der Waals surface area contributed by atoms with Crippen molar-refractivity contribution in [1.29, 1.82) is 0 Å². The van der Waals surface area contributed by atoms with E-state index in [1.165, 1.54) is 0 Å². The molecule has 1 aromatic rings. The third-order valence-corrected chi connectivity index (χ3v) is 2.07. The van der Waals surface area contributed by atoms with E-state index in [0.29, 0.717) is 5.56 Å². The van der Waals surface area contributed by atoms with Crippen LogP contribution in [0.4, 0.5) is 5.69 Å². The second kappa shape index (κ2) is 3.58. The van der Waals surface area contributed by atoms with Crippen LogP contribution in [0.15, 0.2) is 24.3 Å². The predicted molar refractivity (Wildman–Crippen MR) is 49.7 cm³/mol. The Morgan fingerprint density at radius 3 is 2.62 bits per heavy atom. The Hall–Kier alpha value is -1.35. The number of benzene rings is 1. The lowest BCUT2D eigenvalue weighted by molar-refractivity contribution is 0.112. The first-order valence-corrected chi connectivity index (χ1v) is 4.36. The molecular weight excluding hydrogens is 166 g/mol. The number of hydrogen-bond donors (Lipinski definition) is 0. The number of aldehydes is 1. The number of nitrogens with zero attached hydrogens (tertiary/aromatic N) is 1. The van der Waals surface area contributed by atoms with Crippen molar-refractivity contribution in [3.05, 3.63) is 29.8 Å². The number of carbonyl (C=O) groups excluding carboxylic acids is 1. The summed E-state index contributed by atoms with van der Waals surface area (Å²) in [5.74, 6) is 0. The van der Waals surface area contributed by atoms with Gasteiger partial charge >= 0.3 is 0 Å². The SMILES string of the molecule is O=Cc1ccc(N2CCCO2)cc1. The molecule has 1 saturated heterocycles. The number of hydrogen-bond acceptors (Lipinski definition) is 3. The van der Waals surface area contributed by atoms with Crippen LogP contribution in [0.5, 0.6) is 0 Å². The van der Waals surface area contributed by atoms with Gasteiger partial charge in [0.2, 0.25) is 0 Å². The number of hydroxylamine groups is 1. The van der Waals surface area contributed by atoms with Gasteiger partial charge < -0.3 is 0 Å². The summed E-state index contributed by atoms with van der Waals surface area (Å²) in [6.07, 6.45) is 1.91. The van der Waals surface area contributed by atoms with Crippen LogP contribution in [0.3, 0.4) is 0 Å². The molecule has 0 saturated carbocycles. The van der Waals surface area contributed by atoms with Gasteiger partial charge in [-0.05, 0) is 30.7 Å². The van der Waals surface area contributed by atoms with Crippen molar-refractivity contribution in [2.45, 2.75) is 6.42 Å². The summed E-state index contributed by atoms with van der Waals surface area (Å²) in [5.41, 5.74) is 1.71. The van der Waals surface area contributed by atoms with Crippen molar-refractivity contribution >= 4 is 12.0 Å². The molecule has 3 heteroatoms. The van der Waals surface area contributed by atoms with Gasteiger partial charge in [0.1, 0.15) is 6.29 Å². The van der Waals surface area contributed by atoms with E-state index in [1.807, 2.05) is 17.2 Å². The quantitative estimate of drug-likeness (QED) is 0.643. The molecule has 68 valence electrons. The Morgan fingerprint density at radius 1 is 1.31 bits per heavy atom. The molecule has 1 heterocycles. The normalized spacial score (nSPS) is 16.2. The van der Waals surface area contributed by atoms with E-state index in [9.17, 15) is 4.79 Å². The van der Waals surface area contributed by atoms with Crippen LogP contribution >= 0.6 is 0 Å². The first kappa shape index (κ1) is 8.26. The molecule has 0 radical (unpaired) electrons. The highest BCUT2D eigenvalue weighted by Gasteiger charge is 2.12. The molecule has 0 unspecified atom stereocenters. The van der Waals surface area contributed by atoms with E-state index in [0.717, 1.165) is 31.5 Å². The Labute approximate surface area is 76.9 Å². The molecule has 13 heavy (non-hydrogen) atoms. The highest BCUT2D eigenvalue weighted by Crippen LogP contribution is 2.18. The molecular formula is C10H11NO2. The fourth-order valence-corrected chi connectivity index (χ4v) is 1.37. The third-order valence-electron chi connectivity index (χ3n) is 2.07. The smallest absolute Gasteiger partial charge is 0.150 e. The molecule has 1 fully saturated rings. The van der Waals surface area contributed by atoms with Crippen LogP contribution < -0.4 is 5.06 Å². The largest absolute Gasteiger partial charge is 0.298 e. The van der Waals surface area contributed by atoms with Crippen LogP contribution in [-0.4, -0.2) is 19.4 Å². The first-order valence-electron chi connectivity index (χ1n) is 4.36. The minimum atomic E-state index is 0.697. The Bertz CT molecular complexity index is 288. The van der Waals surface area contributed by atoms with Gasteiger partial charge in [-0.2, -0.15) is 0 Å². The zero-order valence-corrected chi connectivity index (χ0v) is 7.27. The fourth-order valence-electron chi connectivity index (χ4n) is 1.37. The van der Waals surface area contributed by atoms with Crippen LogP contribution in [0.1, 0.15) is 16.8 Å². The van der Waals surface area contributed by atoms with Gasteiger partial charge in [0.25, 0.3) is 0 Å².